The van der Waals surface area contributed by atoms with Crippen LogP contribution in [-0.4, -0.2) is 15.2 Å². The molecule has 54 valence electrons. The molecule has 0 aromatic carbocycles. The fraction of sp³-hybridized carbons (Fsp3) is 0. The van der Waals surface area contributed by atoms with Gasteiger partial charge in [0, 0.05) is 0 Å². The minimum absolute atomic E-state index is 0.0486. The Morgan fingerprint density at radius 2 is 1.90 bits per heavy atom. The lowest BCUT2D eigenvalue weighted by Gasteiger charge is -2.01. The van der Waals surface area contributed by atoms with Gasteiger partial charge < -0.3 is 21.7 Å². The predicted octanol–water partition coefficient (Wildman–Crippen LogP) is -0.343. The Bertz CT molecular complexity index is 234. The zero-order valence-electron chi connectivity index (χ0n) is 5.07. The predicted molar refractivity (Wildman–Crippen MR) is 36.4 cm³/mol. The van der Waals surface area contributed by atoms with Gasteiger partial charge in [-0.05, 0) is 0 Å². The van der Waals surface area contributed by atoms with Crippen LogP contribution in [0, 0.1) is 0 Å². The summed E-state index contributed by atoms with van der Waals surface area (Å²) in [6, 6.07) is 0. The van der Waals surface area contributed by atoms with Crippen molar-refractivity contribution in [3.8, 4) is 11.6 Å². The minimum atomic E-state index is -0.508. The third-order valence-electron chi connectivity index (χ3n) is 1.10. The second-order valence-electron chi connectivity index (χ2n) is 1.80. The molecule has 0 radical (unpaired) electrons. The van der Waals surface area contributed by atoms with E-state index in [1.165, 1.54) is 6.20 Å². The minimum Gasteiger partial charge on any atom is -0.502 e. The molecule has 10 heavy (non-hydrogen) atoms. The van der Waals surface area contributed by atoms with Gasteiger partial charge in [-0.1, -0.05) is 0 Å². The van der Waals surface area contributed by atoms with Gasteiger partial charge in [-0.2, -0.15) is 0 Å². The summed E-state index contributed by atoms with van der Waals surface area (Å²) in [6.07, 6.45) is 1.17. The van der Waals surface area contributed by atoms with Crippen LogP contribution in [-0.2, 0) is 0 Å². The van der Waals surface area contributed by atoms with Crippen LogP contribution in [0.2, 0.25) is 0 Å². The SMILES string of the molecule is Nc1cnc(O)c(O)c1N. The molecule has 1 rings (SSSR count). The van der Waals surface area contributed by atoms with Crippen molar-refractivity contribution < 1.29 is 10.2 Å². The average molecular weight is 141 g/mol. The molecule has 1 aromatic rings. The van der Waals surface area contributed by atoms with Crippen LogP contribution in [0.25, 0.3) is 0 Å². The van der Waals surface area contributed by atoms with E-state index in [9.17, 15) is 0 Å². The summed E-state index contributed by atoms with van der Waals surface area (Å²) < 4.78 is 0. The summed E-state index contributed by atoms with van der Waals surface area (Å²) in [4.78, 5) is 3.34. The maximum absolute atomic E-state index is 8.87. The highest BCUT2D eigenvalue weighted by Gasteiger charge is 2.06. The summed E-state index contributed by atoms with van der Waals surface area (Å²) in [5, 5.41) is 17.6. The van der Waals surface area contributed by atoms with E-state index in [2.05, 4.69) is 4.98 Å². The Morgan fingerprint density at radius 1 is 1.30 bits per heavy atom. The molecule has 0 saturated heterocycles. The van der Waals surface area contributed by atoms with E-state index in [1.807, 2.05) is 0 Å². The number of rotatable bonds is 0. The fourth-order valence-electron chi connectivity index (χ4n) is 0.519. The molecule has 6 N–H and O–H groups in total. The van der Waals surface area contributed by atoms with Crippen molar-refractivity contribution in [1.82, 2.24) is 4.98 Å². The molecule has 0 unspecified atom stereocenters. The monoisotopic (exact) mass is 141 g/mol. The van der Waals surface area contributed by atoms with Crippen molar-refractivity contribution in [3.05, 3.63) is 6.20 Å². The number of aromatic hydroxyl groups is 2. The lowest BCUT2D eigenvalue weighted by molar-refractivity contribution is 0.391. The number of nitrogen functional groups attached to an aromatic ring is 2. The van der Waals surface area contributed by atoms with Crippen LogP contribution in [0.3, 0.4) is 0 Å². The van der Waals surface area contributed by atoms with Crippen molar-refractivity contribution in [2.45, 2.75) is 0 Å². The quantitative estimate of drug-likeness (QED) is 0.395. The largest absolute Gasteiger partial charge is 0.502 e. The van der Waals surface area contributed by atoms with E-state index in [-0.39, 0.29) is 11.4 Å². The lowest BCUT2D eigenvalue weighted by atomic mass is 10.3. The number of hydrogen-bond acceptors (Lipinski definition) is 5. The molecule has 0 atom stereocenters. The first-order valence-corrected chi connectivity index (χ1v) is 2.55. The standard InChI is InChI=1S/C5H7N3O2/c6-2-1-8-5(10)4(9)3(2)7/h1,9H,6H2,(H3,7,8,10). The van der Waals surface area contributed by atoms with Gasteiger partial charge in [-0.25, -0.2) is 4.98 Å². The van der Waals surface area contributed by atoms with Gasteiger partial charge in [0.25, 0.3) is 5.88 Å². The van der Waals surface area contributed by atoms with Gasteiger partial charge in [-0.3, -0.25) is 0 Å². The highest BCUT2D eigenvalue weighted by molar-refractivity contribution is 5.71. The number of nitrogens with two attached hydrogens (primary N) is 2. The molecular weight excluding hydrogens is 134 g/mol. The van der Waals surface area contributed by atoms with Crippen LogP contribution in [0.15, 0.2) is 6.20 Å². The second-order valence-corrected chi connectivity index (χ2v) is 1.80. The molecule has 0 aliphatic heterocycles. The number of hydrogen-bond donors (Lipinski definition) is 4. The molecular formula is C5H7N3O2. The molecule has 0 bridgehead atoms. The Balaban J connectivity index is 3.34. The molecule has 5 heteroatoms. The van der Waals surface area contributed by atoms with Gasteiger partial charge >= 0.3 is 0 Å². The van der Waals surface area contributed by atoms with Gasteiger partial charge in [0.2, 0.25) is 5.75 Å². The van der Waals surface area contributed by atoms with E-state index >= 15 is 0 Å². The van der Waals surface area contributed by atoms with Gasteiger partial charge in [-0.15, -0.1) is 0 Å². The lowest BCUT2D eigenvalue weighted by Crippen LogP contribution is -1.95. The van der Waals surface area contributed by atoms with E-state index in [0.717, 1.165) is 0 Å². The van der Waals surface area contributed by atoms with E-state index < -0.39 is 11.6 Å². The number of anilines is 2. The zero-order chi connectivity index (χ0) is 7.72. The van der Waals surface area contributed by atoms with Gasteiger partial charge in [0.05, 0.1) is 11.9 Å². The van der Waals surface area contributed by atoms with E-state index in [1.54, 1.807) is 0 Å². The second kappa shape index (κ2) is 1.94. The summed E-state index contributed by atoms with van der Waals surface area (Å²) >= 11 is 0. The fourth-order valence-corrected chi connectivity index (χ4v) is 0.519. The first-order valence-electron chi connectivity index (χ1n) is 2.55. The molecule has 0 spiro atoms. The van der Waals surface area contributed by atoms with E-state index in [4.69, 9.17) is 21.7 Å². The molecule has 1 heterocycles. The first kappa shape index (κ1) is 6.47. The average Bonchev–Trinajstić information content (AvgIpc) is 1.93. The van der Waals surface area contributed by atoms with Crippen LogP contribution in [0.1, 0.15) is 0 Å². The molecule has 0 aliphatic rings. The molecule has 1 aromatic heterocycles. The van der Waals surface area contributed by atoms with Crippen molar-refractivity contribution in [3.63, 3.8) is 0 Å². The smallest absolute Gasteiger partial charge is 0.256 e. The van der Waals surface area contributed by atoms with Crippen LogP contribution in [0.4, 0.5) is 11.4 Å². The molecule has 0 saturated carbocycles. The molecule has 0 aliphatic carbocycles. The van der Waals surface area contributed by atoms with Crippen molar-refractivity contribution in [2.24, 2.45) is 0 Å². The van der Waals surface area contributed by atoms with Gasteiger partial charge in [0.15, 0.2) is 0 Å². The summed E-state index contributed by atoms with van der Waals surface area (Å²) in [6.45, 7) is 0. The molecule has 5 nitrogen and oxygen atoms in total. The maximum Gasteiger partial charge on any atom is 0.256 e. The Kier molecular flexibility index (Phi) is 1.26. The molecule has 0 fully saturated rings. The summed E-state index contributed by atoms with van der Waals surface area (Å²) in [7, 11) is 0. The first-order chi connectivity index (χ1) is 4.63. The Morgan fingerprint density at radius 3 is 2.40 bits per heavy atom. The van der Waals surface area contributed by atoms with Crippen LogP contribution >= 0.6 is 0 Å². The zero-order valence-corrected chi connectivity index (χ0v) is 5.07. The normalized spacial score (nSPS) is 9.60. The Labute approximate surface area is 56.9 Å². The van der Waals surface area contributed by atoms with E-state index in [0.29, 0.717) is 0 Å². The van der Waals surface area contributed by atoms with Gasteiger partial charge in [0.1, 0.15) is 5.69 Å². The third kappa shape index (κ3) is 0.771. The molecule has 0 amide bonds. The highest BCUT2D eigenvalue weighted by atomic mass is 16.3. The topological polar surface area (TPSA) is 105 Å². The maximum atomic E-state index is 8.87. The van der Waals surface area contributed by atoms with Crippen molar-refractivity contribution >= 4 is 11.4 Å². The van der Waals surface area contributed by atoms with Crippen LogP contribution < -0.4 is 11.5 Å². The Hall–Kier alpha value is -1.65. The number of pyridine rings is 1. The van der Waals surface area contributed by atoms with Crippen molar-refractivity contribution in [1.29, 1.82) is 0 Å². The number of nitrogens with zero attached hydrogens (tertiary/aromatic N) is 1. The summed E-state index contributed by atoms with van der Waals surface area (Å²) in [5.74, 6) is -0.980. The summed E-state index contributed by atoms with van der Waals surface area (Å²) in [5.41, 5.74) is 10.5. The highest BCUT2D eigenvalue weighted by Crippen LogP contribution is 2.32. The number of aromatic nitrogens is 1. The third-order valence-corrected chi connectivity index (χ3v) is 1.10. The van der Waals surface area contributed by atoms with Crippen LogP contribution in [0.5, 0.6) is 11.6 Å². The van der Waals surface area contributed by atoms with Crippen molar-refractivity contribution in [2.75, 3.05) is 11.5 Å².